The first-order valence-corrected chi connectivity index (χ1v) is 9.10. The summed E-state index contributed by atoms with van der Waals surface area (Å²) in [6.45, 7) is 8.56. The third-order valence-electron chi connectivity index (χ3n) is 4.93. The summed E-state index contributed by atoms with van der Waals surface area (Å²) in [4.78, 5) is 27.3. The number of carbonyl (C=O) groups is 1. The molecule has 1 heterocycles. The summed E-state index contributed by atoms with van der Waals surface area (Å²) in [5, 5.41) is 11.5. The van der Waals surface area contributed by atoms with Crippen LogP contribution in [0.1, 0.15) is 52.9 Å². The summed E-state index contributed by atoms with van der Waals surface area (Å²) in [5.41, 5.74) is -0.494. The second-order valence-corrected chi connectivity index (χ2v) is 8.02. The van der Waals surface area contributed by atoms with Gasteiger partial charge in [-0.25, -0.2) is 4.79 Å². The Hall–Kier alpha value is -1.37. The highest BCUT2D eigenvalue weighted by Gasteiger charge is 2.35. The SMILES string of the molecule is CC(C)(C)OC(=O)N1CCN(CC(C2CCCCC2)[N+](=O)[O-])CC1. The maximum atomic E-state index is 12.1. The van der Waals surface area contributed by atoms with Crippen molar-refractivity contribution in [1.82, 2.24) is 9.80 Å². The lowest BCUT2D eigenvalue weighted by Crippen LogP contribution is -2.53. The number of amides is 1. The predicted molar refractivity (Wildman–Crippen MR) is 91.6 cm³/mol. The number of rotatable bonds is 4. The lowest BCUT2D eigenvalue weighted by molar-refractivity contribution is -0.533. The molecule has 2 aliphatic rings. The van der Waals surface area contributed by atoms with Crippen LogP contribution in [0.15, 0.2) is 0 Å². The second-order valence-electron chi connectivity index (χ2n) is 8.02. The van der Waals surface area contributed by atoms with Crippen molar-refractivity contribution in [2.45, 2.75) is 64.5 Å². The van der Waals surface area contributed by atoms with Crippen molar-refractivity contribution in [2.24, 2.45) is 5.92 Å². The first-order chi connectivity index (χ1) is 11.3. The number of nitrogens with zero attached hydrogens (tertiary/aromatic N) is 3. The Morgan fingerprint density at radius 1 is 1.17 bits per heavy atom. The Bertz CT molecular complexity index is 436. The molecule has 0 aromatic heterocycles. The quantitative estimate of drug-likeness (QED) is 0.580. The zero-order chi connectivity index (χ0) is 17.7. The van der Waals surface area contributed by atoms with E-state index in [0.29, 0.717) is 32.7 Å². The van der Waals surface area contributed by atoms with Gasteiger partial charge in [0.1, 0.15) is 5.60 Å². The van der Waals surface area contributed by atoms with E-state index in [2.05, 4.69) is 4.90 Å². The molecule has 138 valence electrons. The summed E-state index contributed by atoms with van der Waals surface area (Å²) in [6, 6.07) is -0.474. The van der Waals surface area contributed by atoms with E-state index in [1.54, 1.807) is 4.90 Å². The van der Waals surface area contributed by atoms with Crippen LogP contribution in [-0.2, 0) is 4.74 Å². The number of carbonyl (C=O) groups excluding carboxylic acids is 1. The summed E-state index contributed by atoms with van der Waals surface area (Å²) >= 11 is 0. The highest BCUT2D eigenvalue weighted by atomic mass is 16.6. The molecule has 0 N–H and O–H groups in total. The van der Waals surface area contributed by atoms with Crippen LogP contribution in [0.3, 0.4) is 0 Å². The minimum Gasteiger partial charge on any atom is -0.444 e. The van der Waals surface area contributed by atoms with Gasteiger partial charge in [0.2, 0.25) is 6.04 Å². The Morgan fingerprint density at radius 2 is 1.75 bits per heavy atom. The van der Waals surface area contributed by atoms with E-state index in [-0.39, 0.29) is 16.9 Å². The van der Waals surface area contributed by atoms with Gasteiger partial charge in [0.15, 0.2) is 0 Å². The Labute approximate surface area is 144 Å². The molecule has 1 atom stereocenters. The molecule has 2 fully saturated rings. The Balaban J connectivity index is 1.82. The molecule has 1 aliphatic heterocycles. The first-order valence-electron chi connectivity index (χ1n) is 9.10. The van der Waals surface area contributed by atoms with Crippen molar-refractivity contribution in [3.05, 3.63) is 10.1 Å². The fourth-order valence-corrected chi connectivity index (χ4v) is 3.61. The van der Waals surface area contributed by atoms with Crippen LogP contribution in [0.5, 0.6) is 0 Å². The van der Waals surface area contributed by atoms with Crippen molar-refractivity contribution < 1.29 is 14.5 Å². The summed E-state index contributed by atoms with van der Waals surface area (Å²) in [7, 11) is 0. The minimum atomic E-state index is -0.494. The molecule has 1 unspecified atom stereocenters. The molecule has 24 heavy (non-hydrogen) atoms. The van der Waals surface area contributed by atoms with Crippen molar-refractivity contribution in [3.63, 3.8) is 0 Å². The van der Waals surface area contributed by atoms with E-state index in [0.717, 1.165) is 25.7 Å². The van der Waals surface area contributed by atoms with E-state index in [1.165, 1.54) is 6.42 Å². The van der Waals surface area contributed by atoms with Gasteiger partial charge < -0.3 is 9.64 Å². The van der Waals surface area contributed by atoms with Gasteiger partial charge in [0, 0.05) is 37.0 Å². The average molecular weight is 341 g/mol. The number of hydrogen-bond acceptors (Lipinski definition) is 5. The molecule has 7 nitrogen and oxygen atoms in total. The topological polar surface area (TPSA) is 75.9 Å². The van der Waals surface area contributed by atoms with E-state index >= 15 is 0 Å². The smallest absolute Gasteiger partial charge is 0.410 e. The summed E-state index contributed by atoms with van der Waals surface area (Å²) in [6.07, 6.45) is 5.09. The maximum Gasteiger partial charge on any atom is 0.410 e. The number of hydrogen-bond donors (Lipinski definition) is 0. The minimum absolute atomic E-state index is 0.0871. The highest BCUT2D eigenvalue weighted by molar-refractivity contribution is 5.68. The molecule has 1 amide bonds. The number of nitro groups is 1. The van der Waals surface area contributed by atoms with Crippen molar-refractivity contribution in [2.75, 3.05) is 32.7 Å². The van der Waals surface area contributed by atoms with Gasteiger partial charge in [-0.15, -0.1) is 0 Å². The maximum absolute atomic E-state index is 12.1. The van der Waals surface area contributed by atoms with Crippen LogP contribution in [0.2, 0.25) is 0 Å². The Morgan fingerprint density at radius 3 is 2.25 bits per heavy atom. The monoisotopic (exact) mass is 341 g/mol. The van der Waals surface area contributed by atoms with Crippen molar-refractivity contribution in [3.8, 4) is 0 Å². The molecule has 0 aromatic carbocycles. The van der Waals surface area contributed by atoms with E-state index in [1.807, 2.05) is 20.8 Å². The fraction of sp³-hybridized carbons (Fsp3) is 0.941. The lowest BCUT2D eigenvalue weighted by atomic mass is 9.84. The normalized spacial score (nSPS) is 22.2. The fourth-order valence-electron chi connectivity index (χ4n) is 3.61. The summed E-state index contributed by atoms with van der Waals surface area (Å²) < 4.78 is 5.39. The molecule has 1 aliphatic carbocycles. The van der Waals surface area contributed by atoms with Gasteiger partial charge >= 0.3 is 6.09 Å². The van der Waals surface area contributed by atoms with Crippen LogP contribution in [0, 0.1) is 16.0 Å². The lowest BCUT2D eigenvalue weighted by Gasteiger charge is -2.36. The molecule has 1 saturated carbocycles. The zero-order valence-electron chi connectivity index (χ0n) is 15.2. The van der Waals surface area contributed by atoms with Crippen molar-refractivity contribution >= 4 is 6.09 Å². The summed E-state index contributed by atoms with van der Waals surface area (Å²) in [5.74, 6) is 0.206. The zero-order valence-corrected chi connectivity index (χ0v) is 15.2. The van der Waals surface area contributed by atoms with Crippen LogP contribution in [-0.4, -0.2) is 65.2 Å². The molecule has 7 heteroatoms. The molecular weight excluding hydrogens is 310 g/mol. The van der Waals surface area contributed by atoms with Crippen LogP contribution >= 0.6 is 0 Å². The molecule has 0 aromatic rings. The predicted octanol–water partition coefficient (Wildman–Crippen LogP) is 2.76. The van der Waals surface area contributed by atoms with Gasteiger partial charge in [-0.05, 0) is 33.6 Å². The van der Waals surface area contributed by atoms with Gasteiger partial charge in [-0.3, -0.25) is 15.0 Å². The van der Waals surface area contributed by atoms with Gasteiger partial charge in [-0.1, -0.05) is 19.3 Å². The third-order valence-corrected chi connectivity index (χ3v) is 4.93. The standard InChI is InChI=1S/C17H31N3O4/c1-17(2,3)24-16(21)19-11-9-18(10-12-19)13-15(20(22)23)14-7-5-4-6-8-14/h14-15H,4-13H2,1-3H3. The Kier molecular flexibility index (Phi) is 6.43. The molecular formula is C17H31N3O4. The van der Waals surface area contributed by atoms with E-state index in [9.17, 15) is 14.9 Å². The van der Waals surface area contributed by atoms with Crippen molar-refractivity contribution in [1.29, 1.82) is 0 Å². The number of piperazine rings is 1. The van der Waals surface area contributed by atoms with Crippen LogP contribution in [0.25, 0.3) is 0 Å². The largest absolute Gasteiger partial charge is 0.444 e. The number of ether oxygens (including phenoxy) is 1. The molecule has 2 rings (SSSR count). The second kappa shape index (κ2) is 8.14. The average Bonchev–Trinajstić information content (AvgIpc) is 2.52. The first kappa shape index (κ1) is 19.0. The molecule has 1 saturated heterocycles. The molecule has 0 radical (unpaired) electrons. The van der Waals surface area contributed by atoms with Gasteiger partial charge in [0.05, 0.1) is 6.54 Å². The van der Waals surface area contributed by atoms with E-state index in [4.69, 9.17) is 4.74 Å². The van der Waals surface area contributed by atoms with E-state index < -0.39 is 11.6 Å². The van der Waals surface area contributed by atoms with Gasteiger partial charge in [-0.2, -0.15) is 0 Å². The highest BCUT2D eigenvalue weighted by Crippen LogP contribution is 2.28. The molecule has 0 spiro atoms. The van der Waals surface area contributed by atoms with Crippen LogP contribution < -0.4 is 0 Å². The molecule has 0 bridgehead atoms. The third kappa shape index (κ3) is 5.61. The van der Waals surface area contributed by atoms with Crippen LogP contribution in [0.4, 0.5) is 4.79 Å². The van der Waals surface area contributed by atoms with Gasteiger partial charge in [0.25, 0.3) is 0 Å².